The van der Waals surface area contributed by atoms with Gasteiger partial charge in [0.25, 0.3) is 11.5 Å². The van der Waals surface area contributed by atoms with Crippen LogP contribution in [0.1, 0.15) is 60.0 Å². The minimum absolute atomic E-state index is 0.129. The Morgan fingerprint density at radius 1 is 1.29 bits per heavy atom. The predicted molar refractivity (Wildman–Crippen MR) is 124 cm³/mol. The van der Waals surface area contributed by atoms with E-state index in [0.29, 0.717) is 36.7 Å². The first-order valence-corrected chi connectivity index (χ1v) is 11.6. The van der Waals surface area contributed by atoms with Crippen LogP contribution in [0.3, 0.4) is 0 Å². The molecule has 1 aromatic heterocycles. The summed E-state index contributed by atoms with van der Waals surface area (Å²) in [6.07, 6.45) is 5.16. The van der Waals surface area contributed by atoms with E-state index < -0.39 is 17.2 Å². The molecule has 1 amide bonds. The molecular formula is C24H29FN6O3. The number of carbonyl (C=O) groups excluding carboxylic acids is 1. The van der Waals surface area contributed by atoms with E-state index in [-0.39, 0.29) is 28.9 Å². The minimum Gasteiger partial charge on any atom is -0.501 e. The number of halogens is 1. The van der Waals surface area contributed by atoms with Gasteiger partial charge < -0.3 is 15.7 Å². The highest BCUT2D eigenvalue weighted by Crippen LogP contribution is 2.50. The molecule has 6 rings (SSSR count). The van der Waals surface area contributed by atoms with Crippen molar-refractivity contribution in [2.24, 2.45) is 10.5 Å². The zero-order valence-corrected chi connectivity index (χ0v) is 19.4. The third-order valence-electron chi connectivity index (χ3n) is 7.59. The summed E-state index contributed by atoms with van der Waals surface area (Å²) >= 11 is 0. The number of aromatic nitrogens is 2. The smallest absolute Gasteiger partial charge is 0.296 e. The van der Waals surface area contributed by atoms with Crippen LogP contribution in [-0.4, -0.2) is 45.1 Å². The Kier molecular flexibility index (Phi) is 5.33. The quantitative estimate of drug-likeness (QED) is 0.619. The molecule has 180 valence electrons. The summed E-state index contributed by atoms with van der Waals surface area (Å²) in [6, 6.07) is 4.58. The Balaban J connectivity index is 1.44. The standard InChI is InChI=1S/C24H29FN6O3/c1-15-9-16(3-4-17(15)25)10-27-20(33)18-19(32)21(34)31-12-24(11-30-14-26-13-28-30)7-5-23(2,6-8-24)22(31)29-18/h3-4,9,13,32H,5-8,10-12,14H2,1-2H3,(H,26,28)(H,27,33). The number of fused-ring (bicyclic) bond motifs is 2. The van der Waals surface area contributed by atoms with Crippen molar-refractivity contribution in [3.8, 4) is 5.75 Å². The van der Waals surface area contributed by atoms with Gasteiger partial charge in [0.15, 0.2) is 5.69 Å². The molecule has 2 bridgehead atoms. The van der Waals surface area contributed by atoms with Crippen LogP contribution in [0.25, 0.3) is 0 Å². The maximum atomic E-state index is 13.5. The number of carbonyl (C=O) groups is 1. The molecular weight excluding hydrogens is 439 g/mol. The van der Waals surface area contributed by atoms with Crippen LogP contribution < -0.4 is 16.2 Å². The lowest BCUT2D eigenvalue weighted by Gasteiger charge is -2.41. The maximum Gasteiger partial charge on any atom is 0.296 e. The van der Waals surface area contributed by atoms with Crippen molar-refractivity contribution < 1.29 is 14.3 Å². The minimum atomic E-state index is -0.641. The fraction of sp³-hybridized carbons (Fsp3) is 0.500. The summed E-state index contributed by atoms with van der Waals surface area (Å²) in [5, 5.41) is 22.8. The van der Waals surface area contributed by atoms with E-state index in [9.17, 15) is 19.1 Å². The normalized spacial score (nSPS) is 25.1. The molecule has 4 heterocycles. The zero-order valence-electron chi connectivity index (χ0n) is 19.4. The van der Waals surface area contributed by atoms with Gasteiger partial charge in [0, 0.05) is 30.5 Å². The second-order valence-electron chi connectivity index (χ2n) is 10.1. The Morgan fingerprint density at radius 3 is 2.74 bits per heavy atom. The number of hydrazone groups is 1. The first-order chi connectivity index (χ1) is 16.2. The average molecular weight is 469 g/mol. The van der Waals surface area contributed by atoms with E-state index in [4.69, 9.17) is 0 Å². The van der Waals surface area contributed by atoms with E-state index in [1.165, 1.54) is 6.07 Å². The molecule has 10 heteroatoms. The molecule has 3 N–H and O–H groups in total. The second-order valence-corrected chi connectivity index (χ2v) is 10.1. The monoisotopic (exact) mass is 468 g/mol. The van der Waals surface area contributed by atoms with Crippen molar-refractivity contribution in [1.29, 1.82) is 0 Å². The lowest BCUT2D eigenvalue weighted by atomic mass is 9.65. The maximum absolute atomic E-state index is 13.5. The SMILES string of the molecule is Cc1cc(CNC(=O)c2nc3n(c(=O)c2O)CC2(CN4CNC=N4)CCC3(C)CC2)ccc1F. The number of nitrogens with one attached hydrogen (secondary N) is 2. The molecule has 1 saturated carbocycles. The summed E-state index contributed by atoms with van der Waals surface area (Å²) in [5.74, 6) is -1.03. The molecule has 0 unspecified atom stereocenters. The van der Waals surface area contributed by atoms with Gasteiger partial charge in [-0.2, -0.15) is 5.10 Å². The Bertz CT molecular complexity index is 1230. The van der Waals surface area contributed by atoms with Gasteiger partial charge in [-0.05, 0) is 49.8 Å². The number of aryl methyl sites for hydroxylation is 1. The van der Waals surface area contributed by atoms with Crippen molar-refractivity contribution in [3.63, 3.8) is 0 Å². The van der Waals surface area contributed by atoms with Crippen LogP contribution >= 0.6 is 0 Å². The van der Waals surface area contributed by atoms with E-state index in [1.807, 2.05) is 5.01 Å². The predicted octanol–water partition coefficient (Wildman–Crippen LogP) is 1.96. The van der Waals surface area contributed by atoms with Crippen molar-refractivity contribution in [2.75, 3.05) is 13.2 Å². The van der Waals surface area contributed by atoms with E-state index in [1.54, 1.807) is 30.0 Å². The summed E-state index contributed by atoms with van der Waals surface area (Å²) in [5.41, 5.74) is -0.174. The van der Waals surface area contributed by atoms with Crippen molar-refractivity contribution in [3.05, 3.63) is 57.0 Å². The number of aromatic hydroxyl groups is 1. The molecule has 1 aromatic carbocycles. The van der Waals surface area contributed by atoms with Crippen LogP contribution in [0.2, 0.25) is 0 Å². The van der Waals surface area contributed by atoms with E-state index in [2.05, 4.69) is 27.6 Å². The van der Waals surface area contributed by atoms with Crippen molar-refractivity contribution >= 4 is 12.2 Å². The fourth-order valence-electron chi connectivity index (χ4n) is 5.44. The summed E-state index contributed by atoms with van der Waals surface area (Å²) in [7, 11) is 0. The number of rotatable bonds is 5. The highest BCUT2D eigenvalue weighted by atomic mass is 19.1. The van der Waals surface area contributed by atoms with Crippen LogP contribution in [-0.2, 0) is 18.5 Å². The molecule has 4 aliphatic rings. The number of amides is 1. The summed E-state index contributed by atoms with van der Waals surface area (Å²) < 4.78 is 15.1. The van der Waals surface area contributed by atoms with Crippen LogP contribution in [0.5, 0.6) is 5.75 Å². The zero-order chi connectivity index (χ0) is 24.1. The van der Waals surface area contributed by atoms with Gasteiger partial charge in [0.1, 0.15) is 24.6 Å². The number of nitrogens with zero attached hydrogens (tertiary/aromatic N) is 4. The topological polar surface area (TPSA) is 112 Å². The molecule has 34 heavy (non-hydrogen) atoms. The Hall–Kier alpha value is -3.43. The van der Waals surface area contributed by atoms with Gasteiger partial charge in [-0.1, -0.05) is 19.1 Å². The van der Waals surface area contributed by atoms with E-state index in [0.717, 1.165) is 25.7 Å². The van der Waals surface area contributed by atoms with Crippen LogP contribution in [0.15, 0.2) is 28.1 Å². The van der Waals surface area contributed by atoms with Gasteiger partial charge in [-0.3, -0.25) is 19.2 Å². The first-order valence-electron chi connectivity index (χ1n) is 11.6. The molecule has 0 atom stereocenters. The molecule has 1 aliphatic carbocycles. The largest absolute Gasteiger partial charge is 0.501 e. The van der Waals surface area contributed by atoms with Crippen LogP contribution in [0, 0.1) is 18.2 Å². The van der Waals surface area contributed by atoms with Gasteiger partial charge in [0.2, 0.25) is 5.75 Å². The second kappa shape index (κ2) is 8.11. The summed E-state index contributed by atoms with van der Waals surface area (Å²) in [4.78, 5) is 30.8. The Labute approximate surface area is 196 Å². The lowest BCUT2D eigenvalue weighted by Crippen LogP contribution is -2.41. The number of benzene rings is 1. The molecule has 0 saturated heterocycles. The number of hydrogen-bond acceptors (Lipinski definition) is 7. The number of hydrogen-bond donors (Lipinski definition) is 3. The van der Waals surface area contributed by atoms with Crippen molar-refractivity contribution in [1.82, 2.24) is 25.2 Å². The van der Waals surface area contributed by atoms with Gasteiger partial charge in [-0.15, -0.1) is 0 Å². The molecule has 9 nitrogen and oxygen atoms in total. The fourth-order valence-corrected chi connectivity index (χ4v) is 5.44. The highest BCUT2D eigenvalue weighted by Gasteiger charge is 2.49. The molecule has 3 aliphatic heterocycles. The third kappa shape index (κ3) is 3.80. The van der Waals surface area contributed by atoms with Crippen LogP contribution in [0.4, 0.5) is 4.39 Å². The van der Waals surface area contributed by atoms with Crippen molar-refractivity contribution in [2.45, 2.75) is 58.0 Å². The molecule has 1 fully saturated rings. The molecule has 0 spiro atoms. The first kappa shape index (κ1) is 22.4. The lowest BCUT2D eigenvalue weighted by molar-refractivity contribution is 0.0824. The Morgan fingerprint density at radius 2 is 2.06 bits per heavy atom. The molecule has 0 radical (unpaired) electrons. The van der Waals surface area contributed by atoms with Gasteiger partial charge >= 0.3 is 0 Å². The van der Waals surface area contributed by atoms with Gasteiger partial charge in [0.05, 0.1) is 0 Å². The third-order valence-corrected chi connectivity index (χ3v) is 7.59. The summed E-state index contributed by atoms with van der Waals surface area (Å²) in [6.45, 7) is 5.63. The van der Waals surface area contributed by atoms with Gasteiger partial charge in [-0.25, -0.2) is 9.37 Å². The van der Waals surface area contributed by atoms with E-state index >= 15 is 0 Å². The highest BCUT2D eigenvalue weighted by molar-refractivity contribution is 5.94. The molecule has 2 aromatic rings. The average Bonchev–Trinajstić information content (AvgIpc) is 3.24.